The molecule has 5 nitrogen and oxygen atoms in total. The first kappa shape index (κ1) is 14.9. The number of carbonyl (C=O) groups excluding carboxylic acids is 2. The summed E-state index contributed by atoms with van der Waals surface area (Å²) in [5.74, 6) is -1.77. The first-order chi connectivity index (χ1) is 11.1. The third-order valence-electron chi connectivity index (χ3n) is 3.31. The van der Waals surface area contributed by atoms with Crippen molar-refractivity contribution in [2.24, 2.45) is 5.10 Å². The molecule has 1 amide bonds. The average Bonchev–Trinajstić information content (AvgIpc) is 2.58. The van der Waals surface area contributed by atoms with Crippen LogP contribution in [-0.4, -0.2) is 17.6 Å². The second-order valence-electron chi connectivity index (χ2n) is 4.91. The molecule has 1 heterocycles. The quantitative estimate of drug-likeness (QED) is 0.647. The molecule has 0 atom stereocenters. The van der Waals surface area contributed by atoms with E-state index in [9.17, 15) is 14.0 Å². The van der Waals surface area contributed by atoms with Crippen LogP contribution in [0.3, 0.4) is 0 Å². The van der Waals surface area contributed by atoms with Gasteiger partial charge in [-0.1, -0.05) is 30.3 Å². The zero-order valence-corrected chi connectivity index (χ0v) is 12.1. The van der Waals surface area contributed by atoms with Gasteiger partial charge in [-0.15, -0.1) is 0 Å². The fourth-order valence-corrected chi connectivity index (χ4v) is 2.16. The Morgan fingerprint density at radius 1 is 1.04 bits per heavy atom. The zero-order chi connectivity index (χ0) is 16.2. The van der Waals surface area contributed by atoms with Crippen molar-refractivity contribution in [2.45, 2.75) is 12.8 Å². The van der Waals surface area contributed by atoms with E-state index < -0.39 is 11.8 Å². The van der Waals surface area contributed by atoms with Gasteiger partial charge in [0.05, 0.1) is 5.69 Å². The number of carbonyl (C=O) groups is 2. The lowest BCUT2D eigenvalue weighted by Crippen LogP contribution is -2.35. The number of halogens is 1. The molecule has 1 aliphatic heterocycles. The molecule has 0 saturated carbocycles. The van der Waals surface area contributed by atoms with Crippen molar-refractivity contribution in [1.82, 2.24) is 0 Å². The lowest BCUT2D eigenvalue weighted by atomic mass is 10.1. The predicted molar refractivity (Wildman–Crippen MR) is 82.6 cm³/mol. The Kier molecular flexibility index (Phi) is 4.14. The number of anilines is 1. The summed E-state index contributed by atoms with van der Waals surface area (Å²) < 4.78 is 18.6. The molecule has 116 valence electrons. The van der Waals surface area contributed by atoms with Gasteiger partial charge in [0.25, 0.3) is 0 Å². The van der Waals surface area contributed by atoms with Crippen LogP contribution in [0.1, 0.15) is 12.8 Å². The smallest absolute Gasteiger partial charge is 0.360 e. The fraction of sp³-hybridized carbons (Fsp3) is 0.118. The van der Waals surface area contributed by atoms with Gasteiger partial charge in [0, 0.05) is 12.8 Å². The number of esters is 1. The van der Waals surface area contributed by atoms with Gasteiger partial charge in [-0.2, -0.15) is 5.10 Å². The van der Waals surface area contributed by atoms with E-state index in [0.717, 1.165) is 0 Å². The van der Waals surface area contributed by atoms with Crippen molar-refractivity contribution in [2.75, 3.05) is 5.01 Å². The predicted octanol–water partition coefficient (Wildman–Crippen LogP) is 2.91. The highest BCUT2D eigenvalue weighted by Crippen LogP contribution is 2.21. The van der Waals surface area contributed by atoms with E-state index in [-0.39, 0.29) is 30.2 Å². The molecule has 6 heteroatoms. The van der Waals surface area contributed by atoms with Crippen molar-refractivity contribution < 1.29 is 18.7 Å². The Balaban J connectivity index is 1.83. The minimum Gasteiger partial charge on any atom is -0.419 e. The molecule has 0 unspecified atom stereocenters. The highest BCUT2D eigenvalue weighted by Gasteiger charge is 2.27. The van der Waals surface area contributed by atoms with Crippen molar-refractivity contribution >= 4 is 23.3 Å². The molecule has 0 aromatic heterocycles. The Hall–Kier alpha value is -3.02. The Labute approximate surface area is 132 Å². The van der Waals surface area contributed by atoms with Crippen LogP contribution in [-0.2, 0) is 9.59 Å². The number of nitrogens with zero attached hydrogens (tertiary/aromatic N) is 2. The highest BCUT2D eigenvalue weighted by molar-refractivity contribution is 6.38. The molecule has 0 radical (unpaired) electrons. The number of ether oxygens (including phenoxy) is 1. The third kappa shape index (κ3) is 3.26. The van der Waals surface area contributed by atoms with Crippen molar-refractivity contribution in [3.63, 3.8) is 0 Å². The molecule has 23 heavy (non-hydrogen) atoms. The van der Waals surface area contributed by atoms with Crippen LogP contribution in [0.2, 0.25) is 0 Å². The maximum atomic E-state index is 13.5. The summed E-state index contributed by atoms with van der Waals surface area (Å²) in [6, 6.07) is 14.4. The zero-order valence-electron chi connectivity index (χ0n) is 12.1. The van der Waals surface area contributed by atoms with Crippen LogP contribution in [0.5, 0.6) is 5.75 Å². The summed E-state index contributed by atoms with van der Waals surface area (Å²) in [6.07, 6.45) is 0.301. The summed E-state index contributed by atoms with van der Waals surface area (Å²) in [7, 11) is 0. The van der Waals surface area contributed by atoms with Gasteiger partial charge >= 0.3 is 5.97 Å². The van der Waals surface area contributed by atoms with Crippen molar-refractivity contribution in [1.29, 1.82) is 0 Å². The molecule has 1 aliphatic rings. The van der Waals surface area contributed by atoms with E-state index in [1.165, 1.54) is 23.2 Å². The molecule has 0 aliphatic carbocycles. The lowest BCUT2D eigenvalue weighted by Gasteiger charge is -2.22. The molecule has 0 spiro atoms. The first-order valence-electron chi connectivity index (χ1n) is 7.07. The Morgan fingerprint density at radius 3 is 2.48 bits per heavy atom. The second kappa shape index (κ2) is 6.39. The number of hydrogen-bond acceptors (Lipinski definition) is 4. The Morgan fingerprint density at radius 2 is 1.74 bits per heavy atom. The summed E-state index contributed by atoms with van der Waals surface area (Å²) in [4.78, 5) is 24.1. The van der Waals surface area contributed by atoms with Gasteiger partial charge in [0.15, 0.2) is 11.6 Å². The van der Waals surface area contributed by atoms with Gasteiger partial charge in [-0.25, -0.2) is 14.2 Å². The second-order valence-corrected chi connectivity index (χ2v) is 4.91. The molecule has 0 bridgehead atoms. The maximum Gasteiger partial charge on any atom is 0.360 e. The molecular formula is C17H13FN2O3. The van der Waals surface area contributed by atoms with Gasteiger partial charge in [-0.3, -0.25) is 4.79 Å². The van der Waals surface area contributed by atoms with Crippen LogP contribution in [0.25, 0.3) is 0 Å². The molecule has 0 N–H and O–H groups in total. The van der Waals surface area contributed by atoms with E-state index in [4.69, 9.17) is 4.74 Å². The van der Waals surface area contributed by atoms with Crippen LogP contribution in [0.15, 0.2) is 59.7 Å². The van der Waals surface area contributed by atoms with Crippen LogP contribution in [0, 0.1) is 5.82 Å². The van der Waals surface area contributed by atoms with Crippen LogP contribution in [0.4, 0.5) is 10.1 Å². The summed E-state index contributed by atoms with van der Waals surface area (Å²) >= 11 is 0. The summed E-state index contributed by atoms with van der Waals surface area (Å²) in [6.45, 7) is 0. The molecule has 3 rings (SSSR count). The molecule has 0 saturated heterocycles. The minimum atomic E-state index is -0.761. The number of hydrogen-bond donors (Lipinski definition) is 0. The van der Waals surface area contributed by atoms with Gasteiger partial charge in [-0.05, 0) is 24.3 Å². The van der Waals surface area contributed by atoms with Gasteiger partial charge in [0.1, 0.15) is 5.71 Å². The molecule has 0 fully saturated rings. The molecular weight excluding hydrogens is 299 g/mol. The van der Waals surface area contributed by atoms with E-state index in [1.807, 2.05) is 6.07 Å². The van der Waals surface area contributed by atoms with E-state index in [0.29, 0.717) is 5.69 Å². The summed E-state index contributed by atoms with van der Waals surface area (Å²) in [5.41, 5.74) is 0.644. The molecule has 2 aromatic rings. The fourth-order valence-electron chi connectivity index (χ4n) is 2.16. The number of hydrazone groups is 1. The topological polar surface area (TPSA) is 59.0 Å². The van der Waals surface area contributed by atoms with Crippen LogP contribution >= 0.6 is 0 Å². The third-order valence-corrected chi connectivity index (χ3v) is 3.31. The van der Waals surface area contributed by atoms with E-state index in [1.54, 1.807) is 30.3 Å². The standard InChI is InChI=1S/C17H13FN2O3/c18-13-8-4-5-9-15(13)23-17(22)14-10-11-16(21)20(19-14)12-6-2-1-3-7-12/h1-9H,10-11H2. The monoisotopic (exact) mass is 312 g/mol. The van der Waals surface area contributed by atoms with Crippen LogP contribution < -0.4 is 9.75 Å². The Bertz CT molecular complexity index is 774. The number of rotatable bonds is 3. The highest BCUT2D eigenvalue weighted by atomic mass is 19.1. The van der Waals surface area contributed by atoms with Crippen molar-refractivity contribution in [3.8, 4) is 5.75 Å². The normalized spacial score (nSPS) is 14.4. The van der Waals surface area contributed by atoms with Gasteiger partial charge in [0.2, 0.25) is 5.91 Å². The number of amides is 1. The number of para-hydroxylation sites is 2. The van der Waals surface area contributed by atoms with E-state index >= 15 is 0 Å². The maximum absolute atomic E-state index is 13.5. The van der Waals surface area contributed by atoms with Gasteiger partial charge < -0.3 is 4.74 Å². The lowest BCUT2D eigenvalue weighted by molar-refractivity contribution is -0.127. The molecule has 2 aromatic carbocycles. The van der Waals surface area contributed by atoms with Crippen molar-refractivity contribution in [3.05, 3.63) is 60.4 Å². The van der Waals surface area contributed by atoms with E-state index in [2.05, 4.69) is 5.10 Å². The summed E-state index contributed by atoms with van der Waals surface area (Å²) in [5, 5.41) is 5.23. The number of benzene rings is 2. The minimum absolute atomic E-state index is 0.0803. The SMILES string of the molecule is O=C(Oc1ccccc1F)C1=NN(c2ccccc2)C(=O)CC1. The largest absolute Gasteiger partial charge is 0.419 e. The first-order valence-corrected chi connectivity index (χ1v) is 7.07. The average molecular weight is 312 g/mol.